The SMILES string of the molecule is CCC(CC)CC1(C(=O)NC2CCCCC2SC(=O)C(C)C)CCCCC1. The molecule has 4 heteroatoms. The van der Waals surface area contributed by atoms with Gasteiger partial charge < -0.3 is 5.32 Å². The van der Waals surface area contributed by atoms with Gasteiger partial charge in [0.1, 0.15) is 0 Å². The second kappa shape index (κ2) is 10.9. The van der Waals surface area contributed by atoms with Crippen molar-refractivity contribution in [3.05, 3.63) is 0 Å². The largest absolute Gasteiger partial charge is 0.352 e. The first kappa shape index (κ1) is 22.8. The van der Waals surface area contributed by atoms with Crippen LogP contribution in [0.25, 0.3) is 0 Å². The van der Waals surface area contributed by atoms with Crippen molar-refractivity contribution in [1.29, 1.82) is 0 Å². The Hall–Kier alpha value is -0.510. The fourth-order valence-electron chi connectivity index (χ4n) is 4.89. The van der Waals surface area contributed by atoms with Crippen LogP contribution in [0.4, 0.5) is 0 Å². The number of carbonyl (C=O) groups excluding carboxylic acids is 2. The van der Waals surface area contributed by atoms with Gasteiger partial charge in [0.05, 0.1) is 0 Å². The summed E-state index contributed by atoms with van der Waals surface area (Å²) >= 11 is 1.49. The third-order valence-corrected chi connectivity index (χ3v) is 8.46. The molecule has 0 bridgehead atoms. The van der Waals surface area contributed by atoms with Crippen molar-refractivity contribution in [2.75, 3.05) is 0 Å². The second-order valence-electron chi connectivity index (χ2n) is 9.22. The van der Waals surface area contributed by atoms with Crippen LogP contribution >= 0.6 is 11.8 Å². The van der Waals surface area contributed by atoms with Gasteiger partial charge in [-0.15, -0.1) is 0 Å². The number of hydrogen-bond acceptors (Lipinski definition) is 3. The Bertz CT molecular complexity index is 481. The van der Waals surface area contributed by atoms with Crippen molar-refractivity contribution in [3.8, 4) is 0 Å². The average Bonchev–Trinajstić information content (AvgIpc) is 2.68. The van der Waals surface area contributed by atoms with Crippen LogP contribution in [0, 0.1) is 17.3 Å². The minimum atomic E-state index is -0.163. The predicted molar refractivity (Wildman–Crippen MR) is 116 cm³/mol. The smallest absolute Gasteiger partial charge is 0.226 e. The molecule has 2 atom stereocenters. The van der Waals surface area contributed by atoms with E-state index in [0.29, 0.717) is 11.8 Å². The molecule has 3 nitrogen and oxygen atoms in total. The highest BCUT2D eigenvalue weighted by Crippen LogP contribution is 2.43. The highest BCUT2D eigenvalue weighted by molar-refractivity contribution is 8.14. The van der Waals surface area contributed by atoms with Crippen LogP contribution in [-0.4, -0.2) is 22.3 Å². The highest BCUT2D eigenvalue weighted by Gasteiger charge is 2.42. The summed E-state index contributed by atoms with van der Waals surface area (Å²) in [7, 11) is 0. The molecule has 0 aromatic carbocycles. The van der Waals surface area contributed by atoms with Gasteiger partial charge in [-0.3, -0.25) is 9.59 Å². The van der Waals surface area contributed by atoms with Crippen molar-refractivity contribution in [2.45, 2.75) is 116 Å². The van der Waals surface area contributed by atoms with E-state index in [9.17, 15) is 9.59 Å². The van der Waals surface area contributed by atoms with Gasteiger partial charge in [0, 0.05) is 22.6 Å². The molecule has 2 aliphatic carbocycles. The quantitative estimate of drug-likeness (QED) is 0.539. The summed E-state index contributed by atoms with van der Waals surface area (Å²) in [6.45, 7) is 8.46. The molecule has 2 saturated carbocycles. The van der Waals surface area contributed by atoms with E-state index in [1.165, 1.54) is 37.4 Å². The fourth-order valence-corrected chi connectivity index (χ4v) is 6.12. The Balaban J connectivity index is 2.08. The van der Waals surface area contributed by atoms with Crippen molar-refractivity contribution >= 4 is 22.8 Å². The van der Waals surface area contributed by atoms with Gasteiger partial charge in [-0.05, 0) is 38.0 Å². The molecular formula is C23H41NO2S. The van der Waals surface area contributed by atoms with Crippen LogP contribution in [0.5, 0.6) is 0 Å². The van der Waals surface area contributed by atoms with E-state index in [1.807, 2.05) is 13.8 Å². The van der Waals surface area contributed by atoms with Gasteiger partial charge in [0.2, 0.25) is 5.91 Å². The van der Waals surface area contributed by atoms with Gasteiger partial charge in [-0.25, -0.2) is 0 Å². The summed E-state index contributed by atoms with van der Waals surface area (Å²) in [4.78, 5) is 25.8. The summed E-state index contributed by atoms with van der Waals surface area (Å²) in [6, 6.07) is 0.166. The van der Waals surface area contributed by atoms with Crippen LogP contribution in [0.1, 0.15) is 105 Å². The number of thioether (sulfide) groups is 1. The molecule has 0 heterocycles. The Morgan fingerprint density at radius 3 is 2.22 bits per heavy atom. The molecule has 2 unspecified atom stereocenters. The zero-order valence-electron chi connectivity index (χ0n) is 18.0. The first-order chi connectivity index (χ1) is 12.9. The van der Waals surface area contributed by atoms with E-state index in [4.69, 9.17) is 0 Å². The Morgan fingerprint density at radius 1 is 1.00 bits per heavy atom. The molecule has 0 aromatic rings. The molecule has 0 aliphatic heterocycles. The maximum Gasteiger partial charge on any atom is 0.226 e. The van der Waals surface area contributed by atoms with Crippen molar-refractivity contribution in [2.24, 2.45) is 17.3 Å². The minimum Gasteiger partial charge on any atom is -0.352 e. The molecule has 2 fully saturated rings. The Labute approximate surface area is 171 Å². The Morgan fingerprint density at radius 2 is 1.63 bits per heavy atom. The first-order valence-corrected chi connectivity index (χ1v) is 12.3. The molecule has 27 heavy (non-hydrogen) atoms. The van der Waals surface area contributed by atoms with E-state index in [0.717, 1.165) is 51.4 Å². The molecule has 156 valence electrons. The molecule has 1 amide bonds. The van der Waals surface area contributed by atoms with Crippen LogP contribution in [0.2, 0.25) is 0 Å². The lowest BCUT2D eigenvalue weighted by Gasteiger charge is -2.41. The minimum absolute atomic E-state index is 0.0628. The fraction of sp³-hybridized carbons (Fsp3) is 0.913. The zero-order valence-corrected chi connectivity index (χ0v) is 18.8. The number of amides is 1. The van der Waals surface area contributed by atoms with Crippen LogP contribution in [0.3, 0.4) is 0 Å². The van der Waals surface area contributed by atoms with Crippen LogP contribution < -0.4 is 5.32 Å². The summed E-state index contributed by atoms with van der Waals surface area (Å²) in [5, 5.41) is 3.99. The maximum absolute atomic E-state index is 13.5. The van der Waals surface area contributed by atoms with E-state index in [1.54, 1.807) is 0 Å². The normalized spacial score (nSPS) is 25.6. The van der Waals surface area contributed by atoms with Gasteiger partial charge >= 0.3 is 0 Å². The molecular weight excluding hydrogens is 354 g/mol. The highest BCUT2D eigenvalue weighted by atomic mass is 32.2. The monoisotopic (exact) mass is 395 g/mol. The number of carbonyl (C=O) groups is 2. The summed E-state index contributed by atoms with van der Waals surface area (Å²) in [5.74, 6) is 1.00. The lowest BCUT2D eigenvalue weighted by Crippen LogP contribution is -2.51. The number of nitrogens with one attached hydrogen (secondary N) is 1. The topological polar surface area (TPSA) is 46.2 Å². The first-order valence-electron chi connectivity index (χ1n) is 11.4. The van der Waals surface area contributed by atoms with Gasteiger partial charge in [0.15, 0.2) is 5.12 Å². The van der Waals surface area contributed by atoms with Gasteiger partial charge in [0.25, 0.3) is 0 Å². The molecule has 0 spiro atoms. The second-order valence-corrected chi connectivity index (χ2v) is 10.5. The lowest BCUT2D eigenvalue weighted by atomic mass is 9.67. The van der Waals surface area contributed by atoms with Gasteiger partial charge in [-0.1, -0.05) is 84.4 Å². The summed E-state index contributed by atoms with van der Waals surface area (Å²) in [5.41, 5.74) is -0.163. The van der Waals surface area contributed by atoms with E-state index in [-0.39, 0.29) is 27.7 Å². The molecule has 0 aromatic heterocycles. The van der Waals surface area contributed by atoms with Crippen molar-refractivity contribution in [1.82, 2.24) is 5.32 Å². The van der Waals surface area contributed by atoms with E-state index in [2.05, 4.69) is 19.2 Å². The zero-order chi connectivity index (χ0) is 19.9. The van der Waals surface area contributed by atoms with Gasteiger partial charge in [-0.2, -0.15) is 0 Å². The van der Waals surface area contributed by atoms with E-state index >= 15 is 0 Å². The molecule has 2 rings (SSSR count). The molecule has 1 N–H and O–H groups in total. The summed E-state index contributed by atoms with van der Waals surface area (Å²) in [6.07, 6.45) is 13.5. The molecule has 2 aliphatic rings. The maximum atomic E-state index is 13.5. The third-order valence-electron chi connectivity index (χ3n) is 6.88. The molecule has 0 radical (unpaired) electrons. The predicted octanol–water partition coefficient (Wildman–Crippen LogP) is 6.11. The third kappa shape index (κ3) is 6.24. The summed E-state index contributed by atoms with van der Waals surface area (Å²) < 4.78 is 0. The van der Waals surface area contributed by atoms with E-state index < -0.39 is 0 Å². The Kier molecular flexibility index (Phi) is 9.18. The van der Waals surface area contributed by atoms with Crippen LogP contribution in [-0.2, 0) is 9.59 Å². The molecule has 0 saturated heterocycles. The number of rotatable bonds is 8. The number of hydrogen-bond donors (Lipinski definition) is 1. The van der Waals surface area contributed by atoms with Crippen molar-refractivity contribution < 1.29 is 9.59 Å². The van der Waals surface area contributed by atoms with Crippen molar-refractivity contribution in [3.63, 3.8) is 0 Å². The lowest BCUT2D eigenvalue weighted by molar-refractivity contribution is -0.135. The average molecular weight is 396 g/mol. The van der Waals surface area contributed by atoms with Crippen LogP contribution in [0.15, 0.2) is 0 Å². The standard InChI is InChI=1S/C23H41NO2S/c1-5-18(6-2)16-23(14-10-7-11-15-23)22(26)24-19-12-8-9-13-20(19)27-21(25)17(3)4/h17-20H,5-16H2,1-4H3,(H,24,26).